The van der Waals surface area contributed by atoms with Gasteiger partial charge in [-0.3, -0.25) is 9.59 Å². The van der Waals surface area contributed by atoms with Crippen molar-refractivity contribution in [1.82, 2.24) is 4.90 Å². The summed E-state index contributed by atoms with van der Waals surface area (Å²) in [5.41, 5.74) is 2.59. The molecule has 39 heavy (non-hydrogen) atoms. The Kier molecular flexibility index (Phi) is 6.68. The van der Waals surface area contributed by atoms with Crippen molar-refractivity contribution in [3.63, 3.8) is 0 Å². The van der Waals surface area contributed by atoms with Gasteiger partial charge in [0.15, 0.2) is 22.9 Å². The number of aryl methyl sites for hydroxylation is 1. The number of carbonyl (C=O) groups is 2. The highest BCUT2D eigenvalue weighted by Crippen LogP contribution is 2.41. The average molecular weight is 526 g/mol. The lowest BCUT2D eigenvalue weighted by Gasteiger charge is -2.27. The van der Waals surface area contributed by atoms with Crippen LogP contribution in [0, 0.1) is 6.92 Å². The van der Waals surface area contributed by atoms with Gasteiger partial charge in [0.1, 0.15) is 11.4 Å². The van der Waals surface area contributed by atoms with E-state index in [2.05, 4.69) is 0 Å². The third-order valence-electron chi connectivity index (χ3n) is 6.56. The number of carbonyl (C=O) groups excluding carboxylic acids is 2. The average Bonchev–Trinajstić information content (AvgIpc) is 3.44. The molecule has 1 aliphatic rings. The number of fused-ring (bicyclic) bond motifs is 1. The minimum atomic E-state index is -0.800. The maximum absolute atomic E-state index is 13.9. The number of aliphatic hydroxyl groups is 1. The SMILES string of the molecule is COc1cccc2cc(C(=O)C3=C(O)C(=O)N(Cc4ccc(OC(C)(C)C)cc4)C3c3cccc(C)c3)oc12. The molecule has 1 aliphatic heterocycles. The van der Waals surface area contributed by atoms with Crippen molar-refractivity contribution in [3.05, 3.63) is 107 Å². The zero-order chi connectivity index (χ0) is 27.9. The first-order chi connectivity index (χ1) is 18.6. The minimum absolute atomic E-state index is 0.0173. The van der Waals surface area contributed by atoms with E-state index in [1.54, 1.807) is 18.2 Å². The van der Waals surface area contributed by atoms with Crippen LogP contribution in [0.4, 0.5) is 0 Å². The lowest BCUT2D eigenvalue weighted by molar-refractivity contribution is -0.130. The number of amides is 1. The zero-order valence-corrected chi connectivity index (χ0v) is 22.6. The molecule has 1 aromatic heterocycles. The number of hydrogen-bond acceptors (Lipinski definition) is 6. The van der Waals surface area contributed by atoms with Gasteiger partial charge in [-0.05, 0) is 63.1 Å². The Morgan fingerprint density at radius 1 is 1.03 bits per heavy atom. The highest BCUT2D eigenvalue weighted by molar-refractivity contribution is 6.16. The molecule has 2 heterocycles. The van der Waals surface area contributed by atoms with Crippen molar-refractivity contribution >= 4 is 22.7 Å². The summed E-state index contributed by atoms with van der Waals surface area (Å²) >= 11 is 0. The molecule has 4 aromatic rings. The summed E-state index contributed by atoms with van der Waals surface area (Å²) in [6.45, 7) is 8.04. The minimum Gasteiger partial charge on any atom is -0.503 e. The predicted molar refractivity (Wildman–Crippen MR) is 148 cm³/mol. The van der Waals surface area contributed by atoms with Crippen LogP contribution in [0.2, 0.25) is 0 Å². The molecule has 0 fully saturated rings. The molecule has 1 atom stereocenters. The van der Waals surface area contributed by atoms with E-state index in [1.165, 1.54) is 12.0 Å². The smallest absolute Gasteiger partial charge is 0.290 e. The molecule has 7 nitrogen and oxygen atoms in total. The lowest BCUT2D eigenvalue weighted by atomic mass is 9.94. The highest BCUT2D eigenvalue weighted by atomic mass is 16.5. The van der Waals surface area contributed by atoms with Crippen LogP contribution in [0.1, 0.15) is 54.1 Å². The topological polar surface area (TPSA) is 89.2 Å². The summed E-state index contributed by atoms with van der Waals surface area (Å²) in [6, 6.07) is 21.2. The van der Waals surface area contributed by atoms with Crippen molar-refractivity contribution in [2.24, 2.45) is 0 Å². The second-order valence-corrected chi connectivity index (χ2v) is 10.7. The van der Waals surface area contributed by atoms with Crippen molar-refractivity contribution < 1.29 is 28.6 Å². The van der Waals surface area contributed by atoms with Crippen molar-refractivity contribution in [2.45, 2.75) is 45.9 Å². The van der Waals surface area contributed by atoms with E-state index >= 15 is 0 Å². The largest absolute Gasteiger partial charge is 0.503 e. The molecule has 0 radical (unpaired) electrons. The maximum atomic E-state index is 13.9. The molecule has 0 saturated carbocycles. The molecule has 200 valence electrons. The molecule has 1 amide bonds. The predicted octanol–water partition coefficient (Wildman–Crippen LogP) is 6.71. The van der Waals surface area contributed by atoms with Crippen LogP contribution in [0.15, 0.2) is 88.5 Å². The van der Waals surface area contributed by atoms with Crippen LogP contribution in [-0.4, -0.2) is 34.4 Å². The summed E-state index contributed by atoms with van der Waals surface area (Å²) in [7, 11) is 1.52. The van der Waals surface area contributed by atoms with Crippen LogP contribution < -0.4 is 9.47 Å². The quantitative estimate of drug-likeness (QED) is 0.270. The normalized spacial score (nSPS) is 15.8. The first kappa shape index (κ1) is 26.1. The van der Waals surface area contributed by atoms with Gasteiger partial charge in [0.05, 0.1) is 18.7 Å². The summed E-state index contributed by atoms with van der Waals surface area (Å²) < 4.78 is 17.2. The van der Waals surface area contributed by atoms with Gasteiger partial charge < -0.3 is 23.9 Å². The van der Waals surface area contributed by atoms with E-state index in [0.717, 1.165) is 16.7 Å². The number of Topliss-reactive ketones (excluding diaryl/α,β-unsaturated/α-hetero) is 1. The second-order valence-electron chi connectivity index (χ2n) is 10.7. The number of furan rings is 1. The number of ketones is 1. The first-order valence-corrected chi connectivity index (χ1v) is 12.8. The van der Waals surface area contributed by atoms with Crippen LogP contribution in [0.5, 0.6) is 11.5 Å². The van der Waals surface area contributed by atoms with Gasteiger partial charge in [-0.2, -0.15) is 0 Å². The fraction of sp³-hybridized carbons (Fsp3) is 0.250. The molecule has 7 heteroatoms. The van der Waals surface area contributed by atoms with E-state index in [1.807, 2.05) is 82.3 Å². The van der Waals surface area contributed by atoms with Crippen LogP contribution in [0.3, 0.4) is 0 Å². The van der Waals surface area contributed by atoms with E-state index in [0.29, 0.717) is 22.5 Å². The van der Waals surface area contributed by atoms with Gasteiger partial charge in [0.2, 0.25) is 5.78 Å². The summed E-state index contributed by atoms with van der Waals surface area (Å²) in [5.74, 6) is -0.524. The van der Waals surface area contributed by atoms with E-state index in [-0.39, 0.29) is 23.5 Å². The fourth-order valence-electron chi connectivity index (χ4n) is 4.89. The third-order valence-corrected chi connectivity index (χ3v) is 6.56. The van der Waals surface area contributed by atoms with Crippen LogP contribution in [0.25, 0.3) is 11.0 Å². The van der Waals surface area contributed by atoms with Gasteiger partial charge in [-0.25, -0.2) is 0 Å². The summed E-state index contributed by atoms with van der Waals surface area (Å²) in [6.07, 6.45) is 0. The molecule has 1 N–H and O–H groups in total. The van der Waals surface area contributed by atoms with Crippen molar-refractivity contribution in [3.8, 4) is 11.5 Å². The zero-order valence-electron chi connectivity index (χ0n) is 22.6. The molecule has 0 spiro atoms. The number of rotatable bonds is 7. The van der Waals surface area contributed by atoms with Gasteiger partial charge in [-0.1, -0.05) is 54.1 Å². The Hall–Kier alpha value is -4.52. The Labute approximate surface area is 227 Å². The maximum Gasteiger partial charge on any atom is 0.290 e. The van der Waals surface area contributed by atoms with Crippen LogP contribution in [-0.2, 0) is 11.3 Å². The molecule has 0 aliphatic carbocycles. The Bertz CT molecular complexity index is 1590. The highest BCUT2D eigenvalue weighted by Gasteiger charge is 2.44. The van der Waals surface area contributed by atoms with Gasteiger partial charge >= 0.3 is 0 Å². The first-order valence-electron chi connectivity index (χ1n) is 12.8. The number of para-hydroxylation sites is 1. The molecule has 3 aromatic carbocycles. The number of nitrogens with zero attached hydrogens (tertiary/aromatic N) is 1. The standard InChI is InChI=1S/C32H31NO6/c1-19-8-6-9-21(16-19)27-26(28(34)25-17-22-10-7-11-24(37-5)30(22)38-25)29(35)31(36)33(27)18-20-12-14-23(15-13-20)39-32(2,3)4/h6-17,27,35H,18H2,1-5H3. The molecule has 1 unspecified atom stereocenters. The molecule has 0 bridgehead atoms. The fourth-order valence-corrected chi connectivity index (χ4v) is 4.89. The van der Waals surface area contributed by atoms with Gasteiger partial charge in [0.25, 0.3) is 5.91 Å². The lowest BCUT2D eigenvalue weighted by Crippen LogP contribution is -2.30. The van der Waals surface area contributed by atoms with Gasteiger partial charge in [0, 0.05) is 11.9 Å². The number of methoxy groups -OCH3 is 1. The molecule has 5 rings (SSSR count). The molecular formula is C32H31NO6. The third kappa shape index (κ3) is 5.12. The van der Waals surface area contributed by atoms with E-state index < -0.39 is 23.5 Å². The summed E-state index contributed by atoms with van der Waals surface area (Å²) in [5, 5.41) is 11.8. The second kappa shape index (κ2) is 9.98. The van der Waals surface area contributed by atoms with Crippen molar-refractivity contribution in [2.75, 3.05) is 7.11 Å². The Morgan fingerprint density at radius 2 is 1.74 bits per heavy atom. The Balaban J connectivity index is 1.53. The van der Waals surface area contributed by atoms with Crippen molar-refractivity contribution in [1.29, 1.82) is 0 Å². The summed E-state index contributed by atoms with van der Waals surface area (Å²) in [4.78, 5) is 28.8. The number of benzene rings is 3. The molecule has 0 saturated heterocycles. The molecular weight excluding hydrogens is 494 g/mol. The van der Waals surface area contributed by atoms with E-state index in [4.69, 9.17) is 13.9 Å². The van der Waals surface area contributed by atoms with E-state index in [9.17, 15) is 14.7 Å². The number of hydrogen-bond donors (Lipinski definition) is 1. The van der Waals surface area contributed by atoms with Gasteiger partial charge in [-0.15, -0.1) is 0 Å². The van der Waals surface area contributed by atoms with Crippen LogP contribution >= 0.6 is 0 Å². The number of aliphatic hydroxyl groups excluding tert-OH is 1. The number of ether oxygens (including phenoxy) is 2. The Morgan fingerprint density at radius 3 is 2.41 bits per heavy atom. The monoisotopic (exact) mass is 525 g/mol.